The van der Waals surface area contributed by atoms with Crippen molar-refractivity contribution in [1.29, 1.82) is 5.26 Å². The number of hydrogen-bond acceptors (Lipinski definition) is 3. The van der Waals surface area contributed by atoms with Gasteiger partial charge in [-0.25, -0.2) is 4.98 Å². The second-order valence-electron chi connectivity index (χ2n) is 6.02. The highest BCUT2D eigenvalue weighted by Gasteiger charge is 2.06. The summed E-state index contributed by atoms with van der Waals surface area (Å²) in [5.74, 6) is 1.04. The summed E-state index contributed by atoms with van der Waals surface area (Å²) < 4.78 is 2.15. The van der Waals surface area contributed by atoms with E-state index in [0.717, 1.165) is 24.4 Å². The molecule has 1 heterocycles. The van der Waals surface area contributed by atoms with Crippen LogP contribution in [0.5, 0.6) is 0 Å². The van der Waals surface area contributed by atoms with Crippen molar-refractivity contribution in [3.8, 4) is 6.07 Å². The Balaban J connectivity index is 1.73. The lowest BCUT2D eigenvalue weighted by Gasteiger charge is -2.13. The van der Waals surface area contributed by atoms with Crippen LogP contribution >= 0.6 is 0 Å². The van der Waals surface area contributed by atoms with E-state index in [1.54, 1.807) is 0 Å². The number of rotatable bonds is 5. The maximum absolute atomic E-state index is 8.88. The minimum atomic E-state index is 0.686. The number of aromatic nitrogens is 2. The third-order valence-corrected chi connectivity index (χ3v) is 4.05. The van der Waals surface area contributed by atoms with E-state index >= 15 is 0 Å². The molecule has 3 rings (SSSR count). The number of nitriles is 1. The number of anilines is 1. The van der Waals surface area contributed by atoms with Gasteiger partial charge >= 0.3 is 0 Å². The van der Waals surface area contributed by atoms with Crippen molar-refractivity contribution in [2.75, 3.05) is 19.0 Å². The van der Waals surface area contributed by atoms with Gasteiger partial charge in [0.25, 0.3) is 0 Å². The molecule has 4 heteroatoms. The Morgan fingerprint density at radius 2 is 1.67 bits per heavy atom. The minimum absolute atomic E-state index is 0.686. The van der Waals surface area contributed by atoms with Crippen LogP contribution in [0.15, 0.2) is 60.9 Å². The van der Waals surface area contributed by atoms with Crippen LogP contribution < -0.4 is 4.90 Å². The van der Waals surface area contributed by atoms with Crippen LogP contribution in [0.1, 0.15) is 22.5 Å². The monoisotopic (exact) mass is 316 g/mol. The highest BCUT2D eigenvalue weighted by atomic mass is 15.1. The Hall–Kier alpha value is -3.06. The molecular formula is C20H20N4. The van der Waals surface area contributed by atoms with Crippen LogP contribution in [0, 0.1) is 11.3 Å². The fraction of sp³-hybridized carbons (Fsp3) is 0.200. The van der Waals surface area contributed by atoms with Gasteiger partial charge in [-0.1, -0.05) is 24.3 Å². The van der Waals surface area contributed by atoms with E-state index in [2.05, 4.69) is 44.8 Å². The Labute approximate surface area is 142 Å². The van der Waals surface area contributed by atoms with Gasteiger partial charge in [0.15, 0.2) is 0 Å². The molecule has 0 saturated carbocycles. The fourth-order valence-corrected chi connectivity index (χ4v) is 2.63. The average Bonchev–Trinajstić information content (AvgIpc) is 3.03. The standard InChI is InChI=1S/C20H20N4/c1-23(2)19-9-7-16(8-10-19)13-20-22-11-12-24(20)15-18-5-3-17(14-21)4-6-18/h3-12H,13,15H2,1-2H3. The van der Waals surface area contributed by atoms with Crippen LogP contribution in [0.2, 0.25) is 0 Å². The maximum atomic E-state index is 8.88. The van der Waals surface area contributed by atoms with Crippen LogP contribution in [-0.4, -0.2) is 23.6 Å². The summed E-state index contributed by atoms with van der Waals surface area (Å²) in [6, 6.07) is 18.4. The van der Waals surface area contributed by atoms with Crippen molar-refractivity contribution >= 4 is 5.69 Å². The SMILES string of the molecule is CN(C)c1ccc(Cc2nccn2Cc2ccc(C#N)cc2)cc1. The summed E-state index contributed by atoms with van der Waals surface area (Å²) in [6.45, 7) is 0.761. The van der Waals surface area contributed by atoms with Gasteiger partial charge in [0.1, 0.15) is 5.82 Å². The highest BCUT2D eigenvalue weighted by molar-refractivity contribution is 5.46. The van der Waals surface area contributed by atoms with Gasteiger partial charge in [-0.2, -0.15) is 5.26 Å². The van der Waals surface area contributed by atoms with Crippen LogP contribution in [0.25, 0.3) is 0 Å². The molecule has 0 atom stereocenters. The number of imidazole rings is 1. The quantitative estimate of drug-likeness (QED) is 0.724. The van der Waals surface area contributed by atoms with E-state index in [-0.39, 0.29) is 0 Å². The summed E-state index contributed by atoms with van der Waals surface area (Å²) in [4.78, 5) is 6.59. The summed E-state index contributed by atoms with van der Waals surface area (Å²) in [7, 11) is 4.08. The highest BCUT2D eigenvalue weighted by Crippen LogP contribution is 2.15. The van der Waals surface area contributed by atoms with Gasteiger partial charge in [0, 0.05) is 45.1 Å². The molecule has 0 N–H and O–H groups in total. The molecule has 3 aromatic rings. The molecule has 0 aliphatic heterocycles. The molecule has 0 bridgehead atoms. The average molecular weight is 316 g/mol. The summed E-state index contributed by atoms with van der Waals surface area (Å²) in [5.41, 5.74) is 4.29. The van der Waals surface area contributed by atoms with Gasteiger partial charge in [0.05, 0.1) is 11.6 Å². The zero-order valence-corrected chi connectivity index (χ0v) is 14.0. The Kier molecular flexibility index (Phi) is 4.62. The zero-order valence-electron chi connectivity index (χ0n) is 14.0. The molecule has 0 unspecified atom stereocenters. The lowest BCUT2D eigenvalue weighted by Crippen LogP contribution is -2.08. The Morgan fingerprint density at radius 1 is 1.00 bits per heavy atom. The summed E-state index contributed by atoms with van der Waals surface area (Å²) in [5, 5.41) is 8.88. The van der Waals surface area contributed by atoms with Crippen LogP contribution in [0.3, 0.4) is 0 Å². The molecule has 0 aliphatic rings. The zero-order chi connectivity index (χ0) is 16.9. The normalized spacial score (nSPS) is 10.4. The summed E-state index contributed by atoms with van der Waals surface area (Å²) >= 11 is 0. The molecule has 4 nitrogen and oxygen atoms in total. The smallest absolute Gasteiger partial charge is 0.113 e. The molecular weight excluding hydrogens is 296 g/mol. The fourth-order valence-electron chi connectivity index (χ4n) is 2.63. The van der Waals surface area contributed by atoms with Crippen LogP contribution in [-0.2, 0) is 13.0 Å². The topological polar surface area (TPSA) is 44.9 Å². The van der Waals surface area contributed by atoms with Gasteiger partial charge < -0.3 is 9.47 Å². The van der Waals surface area contributed by atoms with Crippen LogP contribution in [0.4, 0.5) is 5.69 Å². The lowest BCUT2D eigenvalue weighted by atomic mass is 10.1. The second-order valence-corrected chi connectivity index (χ2v) is 6.02. The third kappa shape index (κ3) is 3.64. The molecule has 24 heavy (non-hydrogen) atoms. The van der Waals surface area contributed by atoms with Crippen molar-refractivity contribution in [3.05, 3.63) is 83.4 Å². The van der Waals surface area contributed by atoms with E-state index < -0.39 is 0 Å². The Morgan fingerprint density at radius 3 is 2.29 bits per heavy atom. The van der Waals surface area contributed by atoms with Crippen molar-refractivity contribution in [2.24, 2.45) is 0 Å². The first-order valence-corrected chi connectivity index (χ1v) is 7.91. The predicted molar refractivity (Wildman–Crippen MR) is 96.1 cm³/mol. The number of nitrogens with zero attached hydrogens (tertiary/aromatic N) is 4. The Bertz CT molecular complexity index is 837. The lowest BCUT2D eigenvalue weighted by molar-refractivity contribution is 0.740. The first-order valence-electron chi connectivity index (χ1n) is 7.91. The molecule has 120 valence electrons. The van der Waals surface area contributed by atoms with Crippen molar-refractivity contribution in [1.82, 2.24) is 9.55 Å². The van der Waals surface area contributed by atoms with E-state index in [9.17, 15) is 0 Å². The second kappa shape index (κ2) is 7.01. The molecule has 0 amide bonds. The van der Waals surface area contributed by atoms with E-state index in [1.165, 1.54) is 11.3 Å². The van der Waals surface area contributed by atoms with Crippen molar-refractivity contribution in [2.45, 2.75) is 13.0 Å². The molecule has 1 aromatic heterocycles. The molecule has 0 saturated heterocycles. The van der Waals surface area contributed by atoms with E-state index in [1.807, 2.05) is 50.8 Å². The molecule has 0 spiro atoms. The van der Waals surface area contributed by atoms with Crippen molar-refractivity contribution in [3.63, 3.8) is 0 Å². The van der Waals surface area contributed by atoms with Gasteiger partial charge in [0.2, 0.25) is 0 Å². The summed E-state index contributed by atoms with van der Waals surface area (Å²) in [6.07, 6.45) is 4.64. The molecule has 0 aliphatic carbocycles. The molecule has 2 aromatic carbocycles. The van der Waals surface area contributed by atoms with Gasteiger partial charge in [-0.15, -0.1) is 0 Å². The first-order chi connectivity index (χ1) is 11.7. The maximum Gasteiger partial charge on any atom is 0.113 e. The van der Waals surface area contributed by atoms with Gasteiger partial charge in [-0.3, -0.25) is 0 Å². The molecule has 0 radical (unpaired) electrons. The van der Waals surface area contributed by atoms with E-state index in [4.69, 9.17) is 5.26 Å². The number of hydrogen-bond donors (Lipinski definition) is 0. The molecule has 0 fully saturated rings. The number of benzene rings is 2. The van der Waals surface area contributed by atoms with Gasteiger partial charge in [-0.05, 0) is 35.4 Å². The third-order valence-electron chi connectivity index (χ3n) is 4.05. The van der Waals surface area contributed by atoms with E-state index in [0.29, 0.717) is 5.56 Å². The first kappa shape index (κ1) is 15.8. The largest absolute Gasteiger partial charge is 0.378 e. The minimum Gasteiger partial charge on any atom is -0.378 e. The van der Waals surface area contributed by atoms with Crippen molar-refractivity contribution < 1.29 is 0 Å². The predicted octanol–water partition coefficient (Wildman–Crippen LogP) is 3.46.